The second-order valence-corrected chi connectivity index (χ2v) is 6.13. The molecule has 0 saturated carbocycles. The van der Waals surface area contributed by atoms with E-state index < -0.39 is 0 Å². The third-order valence-electron chi connectivity index (χ3n) is 4.61. The van der Waals surface area contributed by atoms with Crippen molar-refractivity contribution in [2.75, 3.05) is 6.54 Å². The Morgan fingerprint density at radius 3 is 2.90 bits per heavy atom. The molecule has 4 heteroatoms. The fraction of sp³-hybridized carbons (Fsp3) is 0.562. The van der Waals surface area contributed by atoms with E-state index in [1.165, 1.54) is 11.1 Å². The van der Waals surface area contributed by atoms with Crippen molar-refractivity contribution in [2.45, 2.75) is 51.1 Å². The predicted octanol–water partition coefficient (Wildman–Crippen LogP) is 2.12. The van der Waals surface area contributed by atoms with Crippen LogP contribution in [0, 0.1) is 6.92 Å². The maximum absolute atomic E-state index is 11.2. The minimum Gasteiger partial charge on any atom is -0.508 e. The normalized spacial score (nSPS) is 28.5. The molecule has 20 heavy (non-hydrogen) atoms. The number of hydrogen-bond donors (Lipinski definition) is 3. The van der Waals surface area contributed by atoms with Crippen LogP contribution >= 0.6 is 0 Å². The van der Waals surface area contributed by atoms with Gasteiger partial charge in [0, 0.05) is 30.6 Å². The quantitative estimate of drug-likeness (QED) is 0.791. The van der Waals surface area contributed by atoms with E-state index in [1.54, 1.807) is 6.07 Å². The van der Waals surface area contributed by atoms with Crippen molar-refractivity contribution in [1.29, 1.82) is 0 Å². The average Bonchev–Trinajstić information content (AvgIpc) is 2.96. The Labute approximate surface area is 119 Å². The zero-order chi connectivity index (χ0) is 14.3. The topological polar surface area (TPSA) is 61.4 Å². The molecule has 0 spiro atoms. The maximum Gasteiger partial charge on any atom is 0.220 e. The van der Waals surface area contributed by atoms with E-state index in [0.29, 0.717) is 18.1 Å². The van der Waals surface area contributed by atoms with Crippen LogP contribution in [0.15, 0.2) is 12.1 Å². The van der Waals surface area contributed by atoms with Gasteiger partial charge in [0.15, 0.2) is 0 Å². The standard InChI is InChI=1S/C16H22N2O2/c1-9-3-5-13(19)16-12(7-10(2)15(9)16)17-8-11-4-6-14(20)18-11/h3,5,10-12,17,19H,4,6-8H2,1-2H3,(H,18,20). The van der Waals surface area contributed by atoms with E-state index >= 15 is 0 Å². The first-order valence-electron chi connectivity index (χ1n) is 7.41. The summed E-state index contributed by atoms with van der Waals surface area (Å²) >= 11 is 0. The first-order valence-corrected chi connectivity index (χ1v) is 7.41. The highest BCUT2D eigenvalue weighted by Crippen LogP contribution is 2.45. The third kappa shape index (κ3) is 2.29. The lowest BCUT2D eigenvalue weighted by molar-refractivity contribution is -0.119. The molecule has 1 aromatic rings. The molecule has 3 unspecified atom stereocenters. The summed E-state index contributed by atoms with van der Waals surface area (Å²) in [6.45, 7) is 5.09. The molecule has 4 nitrogen and oxygen atoms in total. The van der Waals surface area contributed by atoms with Crippen LogP contribution in [0.5, 0.6) is 5.75 Å². The Hall–Kier alpha value is -1.55. The summed E-state index contributed by atoms with van der Waals surface area (Å²) in [6.07, 6.45) is 2.55. The Kier molecular flexibility index (Phi) is 3.42. The van der Waals surface area contributed by atoms with Gasteiger partial charge in [0.05, 0.1) is 0 Å². The van der Waals surface area contributed by atoms with Crippen LogP contribution in [0.3, 0.4) is 0 Å². The van der Waals surface area contributed by atoms with Gasteiger partial charge in [-0.05, 0) is 42.9 Å². The summed E-state index contributed by atoms with van der Waals surface area (Å²) in [7, 11) is 0. The number of aromatic hydroxyl groups is 1. The summed E-state index contributed by atoms with van der Waals surface area (Å²) < 4.78 is 0. The molecule has 1 fully saturated rings. The van der Waals surface area contributed by atoms with Gasteiger partial charge in [0.25, 0.3) is 0 Å². The first kappa shape index (κ1) is 13.4. The van der Waals surface area contributed by atoms with Crippen molar-refractivity contribution >= 4 is 5.91 Å². The van der Waals surface area contributed by atoms with Crippen molar-refractivity contribution in [2.24, 2.45) is 0 Å². The third-order valence-corrected chi connectivity index (χ3v) is 4.61. The van der Waals surface area contributed by atoms with Crippen LogP contribution in [0.25, 0.3) is 0 Å². The zero-order valence-electron chi connectivity index (χ0n) is 12.1. The summed E-state index contributed by atoms with van der Waals surface area (Å²) in [4.78, 5) is 11.2. The molecule has 0 bridgehead atoms. The number of phenols is 1. The lowest BCUT2D eigenvalue weighted by atomic mass is 9.97. The average molecular weight is 274 g/mol. The van der Waals surface area contributed by atoms with Gasteiger partial charge in [0.1, 0.15) is 5.75 Å². The van der Waals surface area contributed by atoms with Crippen molar-refractivity contribution in [3.8, 4) is 5.75 Å². The summed E-state index contributed by atoms with van der Waals surface area (Å²) in [5.74, 6) is 1.01. The Bertz CT molecular complexity index is 542. The Morgan fingerprint density at radius 2 is 2.20 bits per heavy atom. The van der Waals surface area contributed by atoms with Crippen LogP contribution in [0.1, 0.15) is 54.8 Å². The van der Waals surface area contributed by atoms with Crippen LogP contribution in [0.4, 0.5) is 0 Å². The molecule has 2 aliphatic rings. The highest BCUT2D eigenvalue weighted by atomic mass is 16.3. The lowest BCUT2D eigenvalue weighted by Gasteiger charge is -2.18. The number of phenolic OH excluding ortho intramolecular Hbond substituents is 1. The van der Waals surface area contributed by atoms with Gasteiger partial charge in [0.2, 0.25) is 5.91 Å². The number of nitrogens with one attached hydrogen (secondary N) is 2. The predicted molar refractivity (Wildman–Crippen MR) is 77.8 cm³/mol. The molecule has 3 atom stereocenters. The minimum atomic E-state index is 0.149. The summed E-state index contributed by atoms with van der Waals surface area (Å²) in [5, 5.41) is 16.7. The first-order chi connectivity index (χ1) is 9.56. The van der Waals surface area contributed by atoms with Crippen molar-refractivity contribution < 1.29 is 9.90 Å². The van der Waals surface area contributed by atoms with E-state index in [-0.39, 0.29) is 18.0 Å². The van der Waals surface area contributed by atoms with E-state index in [0.717, 1.165) is 24.9 Å². The van der Waals surface area contributed by atoms with Gasteiger partial charge >= 0.3 is 0 Å². The molecule has 108 valence electrons. The van der Waals surface area contributed by atoms with Gasteiger partial charge in [-0.2, -0.15) is 0 Å². The maximum atomic E-state index is 11.2. The highest BCUT2D eigenvalue weighted by molar-refractivity contribution is 5.78. The van der Waals surface area contributed by atoms with Crippen LogP contribution in [0.2, 0.25) is 0 Å². The number of carbonyl (C=O) groups excluding carboxylic acids is 1. The molecule has 1 saturated heterocycles. The highest BCUT2D eigenvalue weighted by Gasteiger charge is 2.32. The number of rotatable bonds is 3. The molecule has 1 amide bonds. The second kappa shape index (κ2) is 5.09. The van der Waals surface area contributed by atoms with Gasteiger partial charge in [-0.25, -0.2) is 0 Å². The number of aryl methyl sites for hydroxylation is 1. The van der Waals surface area contributed by atoms with Gasteiger partial charge in [-0.15, -0.1) is 0 Å². The summed E-state index contributed by atoms with van der Waals surface area (Å²) in [6, 6.07) is 4.20. The molecular weight excluding hydrogens is 252 g/mol. The number of hydrogen-bond acceptors (Lipinski definition) is 3. The number of benzene rings is 1. The second-order valence-electron chi connectivity index (χ2n) is 6.13. The fourth-order valence-corrected chi connectivity index (χ4v) is 3.64. The fourth-order valence-electron chi connectivity index (χ4n) is 3.64. The number of amides is 1. The van der Waals surface area contributed by atoms with E-state index in [1.807, 2.05) is 6.07 Å². The van der Waals surface area contributed by atoms with Crippen molar-refractivity contribution in [3.63, 3.8) is 0 Å². The molecule has 1 heterocycles. The van der Waals surface area contributed by atoms with E-state index in [9.17, 15) is 9.90 Å². The smallest absolute Gasteiger partial charge is 0.220 e. The Morgan fingerprint density at radius 1 is 1.40 bits per heavy atom. The van der Waals surface area contributed by atoms with E-state index in [4.69, 9.17) is 0 Å². The monoisotopic (exact) mass is 274 g/mol. The minimum absolute atomic E-state index is 0.149. The largest absolute Gasteiger partial charge is 0.508 e. The van der Waals surface area contributed by atoms with Crippen LogP contribution in [-0.2, 0) is 4.79 Å². The molecule has 3 rings (SSSR count). The molecular formula is C16H22N2O2. The number of carbonyl (C=O) groups is 1. The van der Waals surface area contributed by atoms with Gasteiger partial charge in [-0.1, -0.05) is 13.0 Å². The van der Waals surface area contributed by atoms with Crippen LogP contribution < -0.4 is 10.6 Å². The Balaban J connectivity index is 1.74. The summed E-state index contributed by atoms with van der Waals surface area (Å²) in [5.41, 5.74) is 3.60. The zero-order valence-corrected chi connectivity index (χ0v) is 12.1. The molecule has 0 radical (unpaired) electrons. The molecule has 1 aliphatic carbocycles. The molecule has 1 aromatic carbocycles. The number of fused-ring (bicyclic) bond motifs is 1. The van der Waals surface area contributed by atoms with Crippen molar-refractivity contribution in [3.05, 3.63) is 28.8 Å². The lowest BCUT2D eigenvalue weighted by Crippen LogP contribution is -2.36. The molecule has 0 aromatic heterocycles. The van der Waals surface area contributed by atoms with Crippen LogP contribution in [-0.4, -0.2) is 23.6 Å². The van der Waals surface area contributed by atoms with Crippen molar-refractivity contribution in [1.82, 2.24) is 10.6 Å². The van der Waals surface area contributed by atoms with E-state index in [2.05, 4.69) is 24.5 Å². The molecule has 3 N–H and O–H groups in total. The van der Waals surface area contributed by atoms with Gasteiger partial charge in [-0.3, -0.25) is 4.79 Å². The molecule has 1 aliphatic heterocycles. The van der Waals surface area contributed by atoms with Gasteiger partial charge < -0.3 is 15.7 Å². The SMILES string of the molecule is Cc1ccc(O)c2c1C(C)CC2NCC1CCC(=O)N1.